The van der Waals surface area contributed by atoms with Gasteiger partial charge in [-0.1, -0.05) is 23.8 Å². The van der Waals surface area contributed by atoms with Crippen LogP contribution in [0.15, 0.2) is 41.7 Å². The van der Waals surface area contributed by atoms with E-state index in [1.807, 2.05) is 0 Å². The Bertz CT molecular complexity index is 682. The molecule has 0 saturated carbocycles. The third kappa shape index (κ3) is 1.61. The summed E-state index contributed by atoms with van der Waals surface area (Å²) in [6.45, 7) is 1.80. The minimum Gasteiger partial charge on any atom is -0.511 e. The van der Waals surface area contributed by atoms with E-state index in [0.29, 0.717) is 11.3 Å². The Labute approximate surface area is 116 Å². The Morgan fingerprint density at radius 1 is 1.20 bits per heavy atom. The van der Waals surface area contributed by atoms with E-state index in [0.717, 1.165) is 5.57 Å². The number of carbonyl (C=O) groups is 2. The molecule has 0 aromatic heterocycles. The second kappa shape index (κ2) is 4.34. The van der Waals surface area contributed by atoms with Crippen LogP contribution in [0.5, 0.6) is 5.75 Å². The van der Waals surface area contributed by atoms with Gasteiger partial charge in [-0.05, 0) is 19.1 Å². The van der Waals surface area contributed by atoms with E-state index in [1.165, 1.54) is 13.2 Å². The fourth-order valence-electron chi connectivity index (χ4n) is 2.95. The Hall–Kier alpha value is -2.36. The number of aliphatic hydroxyl groups excluding tert-OH is 1. The molecule has 0 heterocycles. The van der Waals surface area contributed by atoms with Crippen LogP contribution in [0.1, 0.15) is 27.6 Å². The zero-order valence-electron chi connectivity index (χ0n) is 11.2. The number of aliphatic hydroxyl groups is 1. The summed E-state index contributed by atoms with van der Waals surface area (Å²) < 4.78 is 5.18. The van der Waals surface area contributed by atoms with Gasteiger partial charge in [0.2, 0.25) is 0 Å². The van der Waals surface area contributed by atoms with Crippen molar-refractivity contribution in [1.82, 2.24) is 0 Å². The van der Waals surface area contributed by atoms with Crippen molar-refractivity contribution >= 4 is 11.6 Å². The zero-order valence-corrected chi connectivity index (χ0v) is 11.2. The maximum atomic E-state index is 12.6. The number of benzene rings is 1. The van der Waals surface area contributed by atoms with Crippen molar-refractivity contribution < 1.29 is 19.4 Å². The molecule has 1 aromatic carbocycles. The number of hydrogen-bond acceptors (Lipinski definition) is 4. The molecule has 3 rings (SSSR count). The summed E-state index contributed by atoms with van der Waals surface area (Å²) in [7, 11) is 1.46. The van der Waals surface area contributed by atoms with Crippen molar-refractivity contribution in [3.63, 3.8) is 0 Å². The number of ether oxygens (including phenoxy) is 1. The van der Waals surface area contributed by atoms with Gasteiger partial charge in [0.25, 0.3) is 0 Å². The Morgan fingerprint density at radius 2 is 1.95 bits per heavy atom. The number of rotatable bonds is 1. The van der Waals surface area contributed by atoms with Gasteiger partial charge in [-0.3, -0.25) is 9.59 Å². The highest BCUT2D eigenvalue weighted by Crippen LogP contribution is 2.41. The monoisotopic (exact) mass is 270 g/mol. The van der Waals surface area contributed by atoms with Crippen molar-refractivity contribution in [2.45, 2.75) is 6.92 Å². The molecule has 0 bridgehead atoms. The van der Waals surface area contributed by atoms with Crippen LogP contribution in [-0.4, -0.2) is 23.8 Å². The van der Waals surface area contributed by atoms with E-state index in [-0.39, 0.29) is 22.9 Å². The molecule has 20 heavy (non-hydrogen) atoms. The summed E-state index contributed by atoms with van der Waals surface area (Å²) in [6, 6.07) is 4.97. The van der Waals surface area contributed by atoms with Gasteiger partial charge in [-0.25, -0.2) is 0 Å². The highest BCUT2D eigenvalue weighted by Gasteiger charge is 2.45. The SMILES string of the molecule is COc1cccc2c1C(=O)C1C(O)=CC(C)=CC1C2=O. The fraction of sp³-hybridized carbons (Fsp3) is 0.250. The molecule has 0 radical (unpaired) electrons. The van der Waals surface area contributed by atoms with E-state index in [1.54, 1.807) is 31.2 Å². The van der Waals surface area contributed by atoms with Gasteiger partial charge >= 0.3 is 0 Å². The van der Waals surface area contributed by atoms with Gasteiger partial charge in [0.15, 0.2) is 11.6 Å². The van der Waals surface area contributed by atoms with Crippen LogP contribution >= 0.6 is 0 Å². The van der Waals surface area contributed by atoms with Gasteiger partial charge in [0, 0.05) is 5.56 Å². The fourth-order valence-corrected chi connectivity index (χ4v) is 2.95. The van der Waals surface area contributed by atoms with Gasteiger partial charge in [0.05, 0.1) is 24.5 Å². The minimum atomic E-state index is -0.824. The number of hydrogen-bond donors (Lipinski definition) is 1. The summed E-state index contributed by atoms with van der Waals surface area (Å²) in [6.07, 6.45) is 3.28. The summed E-state index contributed by atoms with van der Waals surface area (Å²) in [4.78, 5) is 25.2. The van der Waals surface area contributed by atoms with Crippen LogP contribution in [-0.2, 0) is 0 Å². The smallest absolute Gasteiger partial charge is 0.178 e. The van der Waals surface area contributed by atoms with Gasteiger partial charge < -0.3 is 9.84 Å². The van der Waals surface area contributed by atoms with E-state index in [9.17, 15) is 14.7 Å². The number of methoxy groups -OCH3 is 1. The molecule has 0 amide bonds. The summed E-state index contributed by atoms with van der Waals surface area (Å²) in [5, 5.41) is 10.1. The minimum absolute atomic E-state index is 0.0510. The lowest BCUT2D eigenvalue weighted by Crippen LogP contribution is -2.38. The van der Waals surface area contributed by atoms with Crippen LogP contribution in [0.4, 0.5) is 0 Å². The first-order chi connectivity index (χ1) is 9.54. The van der Waals surface area contributed by atoms with Crippen LogP contribution in [0, 0.1) is 11.8 Å². The zero-order chi connectivity index (χ0) is 14.4. The average molecular weight is 270 g/mol. The molecule has 2 aliphatic rings. The van der Waals surface area contributed by atoms with Gasteiger partial charge in [0.1, 0.15) is 11.5 Å². The first kappa shape index (κ1) is 12.7. The number of carbonyl (C=O) groups excluding carboxylic acids is 2. The van der Waals surface area contributed by atoms with E-state index in [2.05, 4.69) is 0 Å². The van der Waals surface area contributed by atoms with Crippen LogP contribution < -0.4 is 4.74 Å². The van der Waals surface area contributed by atoms with Crippen LogP contribution in [0.3, 0.4) is 0 Å². The molecule has 0 aliphatic heterocycles. The molecule has 0 fully saturated rings. The van der Waals surface area contributed by atoms with E-state index in [4.69, 9.17) is 4.74 Å². The molecule has 4 nitrogen and oxygen atoms in total. The topological polar surface area (TPSA) is 63.6 Å². The van der Waals surface area contributed by atoms with Crippen molar-refractivity contribution in [3.05, 3.63) is 52.8 Å². The summed E-state index contributed by atoms with van der Waals surface area (Å²) in [5.41, 5.74) is 1.43. The molecule has 2 unspecified atom stereocenters. The predicted octanol–water partition coefficient (Wildman–Crippen LogP) is 2.71. The van der Waals surface area contributed by atoms with Crippen molar-refractivity contribution in [3.8, 4) is 5.75 Å². The quantitative estimate of drug-likeness (QED) is 0.852. The molecule has 4 heteroatoms. The molecule has 0 saturated heterocycles. The molecular formula is C16H14O4. The summed E-state index contributed by atoms with van der Waals surface area (Å²) in [5.74, 6) is -1.53. The maximum absolute atomic E-state index is 12.6. The Balaban J connectivity index is 2.24. The second-order valence-electron chi connectivity index (χ2n) is 5.09. The first-order valence-corrected chi connectivity index (χ1v) is 6.39. The molecular weight excluding hydrogens is 256 g/mol. The largest absolute Gasteiger partial charge is 0.511 e. The highest BCUT2D eigenvalue weighted by atomic mass is 16.5. The van der Waals surface area contributed by atoms with E-state index >= 15 is 0 Å². The van der Waals surface area contributed by atoms with Crippen molar-refractivity contribution in [2.24, 2.45) is 11.8 Å². The highest BCUT2D eigenvalue weighted by molar-refractivity contribution is 6.19. The molecule has 2 aliphatic carbocycles. The van der Waals surface area contributed by atoms with Gasteiger partial charge in [-0.15, -0.1) is 0 Å². The normalized spacial score (nSPS) is 24.5. The van der Waals surface area contributed by atoms with Crippen LogP contribution in [0.2, 0.25) is 0 Å². The van der Waals surface area contributed by atoms with Crippen molar-refractivity contribution in [1.29, 1.82) is 0 Å². The lowest BCUT2D eigenvalue weighted by Gasteiger charge is -2.31. The third-order valence-corrected chi connectivity index (χ3v) is 3.84. The first-order valence-electron chi connectivity index (χ1n) is 6.39. The Kier molecular flexibility index (Phi) is 2.74. The molecule has 0 spiro atoms. The summed E-state index contributed by atoms with van der Waals surface area (Å²) >= 11 is 0. The molecule has 2 atom stereocenters. The van der Waals surface area contributed by atoms with Gasteiger partial charge in [-0.2, -0.15) is 0 Å². The standard InChI is InChI=1S/C16H14O4/c1-8-6-10-13(11(17)7-8)16(19)14-9(15(10)18)4-3-5-12(14)20-2/h3-7,10,13,17H,1-2H3. The predicted molar refractivity (Wildman–Crippen MR) is 73.1 cm³/mol. The average Bonchev–Trinajstić information content (AvgIpc) is 2.43. The second-order valence-corrected chi connectivity index (χ2v) is 5.09. The maximum Gasteiger partial charge on any atom is 0.178 e. The third-order valence-electron chi connectivity index (χ3n) is 3.84. The van der Waals surface area contributed by atoms with Crippen LogP contribution in [0.25, 0.3) is 0 Å². The lowest BCUT2D eigenvalue weighted by atomic mass is 9.70. The van der Waals surface area contributed by atoms with E-state index < -0.39 is 11.8 Å². The number of fused-ring (bicyclic) bond motifs is 2. The lowest BCUT2D eigenvalue weighted by molar-refractivity contribution is 0.0754. The molecule has 1 N–H and O–H groups in total. The molecule has 102 valence electrons. The van der Waals surface area contributed by atoms with Crippen molar-refractivity contribution in [2.75, 3.05) is 7.11 Å². The molecule has 1 aromatic rings. The Morgan fingerprint density at radius 3 is 2.65 bits per heavy atom. The number of Topliss-reactive ketones (excluding diaryl/α,β-unsaturated/α-hetero) is 2. The number of ketones is 2. The number of allylic oxidation sites excluding steroid dienone is 4.